The van der Waals surface area contributed by atoms with Crippen LogP contribution in [0.3, 0.4) is 0 Å². The minimum Gasteiger partial charge on any atom is -0.467 e. The van der Waals surface area contributed by atoms with Crippen LogP contribution in [0, 0.1) is 0 Å². The van der Waals surface area contributed by atoms with Crippen molar-refractivity contribution in [2.24, 2.45) is 0 Å². The second kappa shape index (κ2) is 6.24. The molecule has 0 radical (unpaired) electrons. The van der Waals surface area contributed by atoms with Crippen molar-refractivity contribution in [1.29, 1.82) is 0 Å². The van der Waals surface area contributed by atoms with Gasteiger partial charge < -0.3 is 9.32 Å². The minimum atomic E-state index is -0.164. The van der Waals surface area contributed by atoms with E-state index in [9.17, 15) is 4.79 Å². The average Bonchev–Trinajstić information content (AvgIpc) is 2.92. The molecule has 3 heteroatoms. The van der Waals surface area contributed by atoms with Crippen molar-refractivity contribution < 1.29 is 9.21 Å². The first-order valence-electron chi connectivity index (χ1n) is 6.62. The molecule has 0 aliphatic carbocycles. The Kier molecular flexibility index (Phi) is 4.41. The number of carbonyl (C=O) groups excluding carboxylic acids is 1. The highest BCUT2D eigenvalue weighted by molar-refractivity contribution is 5.92. The van der Waals surface area contributed by atoms with Crippen molar-refractivity contribution in [3.05, 3.63) is 66.6 Å². The first kappa shape index (κ1) is 14.1. The van der Waals surface area contributed by atoms with Gasteiger partial charge in [0.2, 0.25) is 5.91 Å². The van der Waals surface area contributed by atoms with Gasteiger partial charge in [-0.25, -0.2) is 0 Å². The third-order valence-electron chi connectivity index (χ3n) is 3.10. The maximum absolute atomic E-state index is 12.1. The number of benzene rings is 1. The zero-order chi connectivity index (χ0) is 14.5. The van der Waals surface area contributed by atoms with Crippen molar-refractivity contribution in [3.63, 3.8) is 0 Å². The Hall–Kier alpha value is -2.29. The van der Waals surface area contributed by atoms with Crippen LogP contribution >= 0.6 is 0 Å². The number of carbonyl (C=O) groups is 1. The summed E-state index contributed by atoms with van der Waals surface area (Å²) in [6.45, 7) is 7.49. The number of nitrogens with zero attached hydrogens (tertiary/aromatic N) is 1. The SMILES string of the molecule is C=C(C)CC(c1ccco1)N(C(C)=O)c1ccccc1. The lowest BCUT2D eigenvalue weighted by molar-refractivity contribution is -0.117. The van der Waals surface area contributed by atoms with E-state index in [0.717, 1.165) is 17.0 Å². The van der Waals surface area contributed by atoms with Gasteiger partial charge in [-0.3, -0.25) is 4.79 Å². The van der Waals surface area contributed by atoms with Gasteiger partial charge in [0.15, 0.2) is 0 Å². The molecule has 1 atom stereocenters. The molecule has 0 fully saturated rings. The lowest BCUT2D eigenvalue weighted by Gasteiger charge is -2.30. The predicted molar refractivity (Wildman–Crippen MR) is 80.5 cm³/mol. The van der Waals surface area contributed by atoms with Crippen LogP contribution in [0.15, 0.2) is 65.3 Å². The second-order valence-corrected chi connectivity index (χ2v) is 4.92. The molecule has 104 valence electrons. The molecule has 0 aliphatic rings. The molecule has 0 bridgehead atoms. The molecule has 0 aliphatic heterocycles. The summed E-state index contributed by atoms with van der Waals surface area (Å²) in [4.78, 5) is 13.9. The zero-order valence-electron chi connectivity index (χ0n) is 11.9. The molecule has 1 unspecified atom stereocenters. The van der Waals surface area contributed by atoms with Crippen molar-refractivity contribution in [3.8, 4) is 0 Å². The van der Waals surface area contributed by atoms with Crippen LogP contribution < -0.4 is 4.90 Å². The summed E-state index contributed by atoms with van der Waals surface area (Å²) in [6, 6.07) is 13.2. The Balaban J connectivity index is 2.42. The molecule has 0 N–H and O–H groups in total. The molecule has 3 nitrogen and oxygen atoms in total. The van der Waals surface area contributed by atoms with Gasteiger partial charge in [-0.05, 0) is 37.6 Å². The Morgan fingerprint density at radius 3 is 2.40 bits per heavy atom. The van der Waals surface area contributed by atoms with Gasteiger partial charge in [0, 0.05) is 12.6 Å². The molecular formula is C17H19NO2. The van der Waals surface area contributed by atoms with Crippen LogP contribution in [0.1, 0.15) is 32.1 Å². The van der Waals surface area contributed by atoms with Gasteiger partial charge in [0.1, 0.15) is 5.76 Å². The third kappa shape index (κ3) is 3.18. The van der Waals surface area contributed by atoms with E-state index >= 15 is 0 Å². The number of hydrogen-bond donors (Lipinski definition) is 0. The first-order valence-corrected chi connectivity index (χ1v) is 6.62. The Morgan fingerprint density at radius 1 is 1.20 bits per heavy atom. The number of furan rings is 1. The molecule has 2 aromatic rings. The fourth-order valence-corrected chi connectivity index (χ4v) is 2.30. The average molecular weight is 269 g/mol. The molecule has 0 spiro atoms. The van der Waals surface area contributed by atoms with Gasteiger partial charge >= 0.3 is 0 Å². The smallest absolute Gasteiger partial charge is 0.224 e. The fraction of sp³-hybridized carbons (Fsp3) is 0.235. The van der Waals surface area contributed by atoms with Crippen LogP contribution in [0.25, 0.3) is 0 Å². The monoisotopic (exact) mass is 269 g/mol. The molecule has 0 saturated carbocycles. The number of rotatable bonds is 5. The molecule has 1 heterocycles. The van der Waals surface area contributed by atoms with E-state index in [1.54, 1.807) is 18.1 Å². The Labute approximate surface area is 119 Å². The van der Waals surface area contributed by atoms with Crippen LogP contribution in [-0.2, 0) is 4.79 Å². The van der Waals surface area contributed by atoms with E-state index in [4.69, 9.17) is 4.42 Å². The number of amides is 1. The summed E-state index contributed by atoms with van der Waals surface area (Å²) in [5.74, 6) is 0.755. The highest BCUT2D eigenvalue weighted by atomic mass is 16.3. The van der Waals surface area contributed by atoms with E-state index < -0.39 is 0 Å². The van der Waals surface area contributed by atoms with Crippen LogP contribution in [0.5, 0.6) is 0 Å². The first-order chi connectivity index (χ1) is 9.59. The summed E-state index contributed by atoms with van der Waals surface area (Å²) in [7, 11) is 0. The highest BCUT2D eigenvalue weighted by Gasteiger charge is 2.26. The third-order valence-corrected chi connectivity index (χ3v) is 3.10. The van der Waals surface area contributed by atoms with E-state index in [-0.39, 0.29) is 11.9 Å². The lowest BCUT2D eigenvalue weighted by atomic mass is 10.0. The Morgan fingerprint density at radius 2 is 1.90 bits per heavy atom. The van der Waals surface area contributed by atoms with Crippen molar-refractivity contribution >= 4 is 11.6 Å². The molecule has 1 aromatic heterocycles. The summed E-state index contributed by atoms with van der Waals surface area (Å²) in [5.41, 5.74) is 1.87. The maximum Gasteiger partial charge on any atom is 0.224 e. The van der Waals surface area contributed by atoms with Gasteiger partial charge in [-0.15, -0.1) is 6.58 Å². The number of para-hydroxylation sites is 1. The van der Waals surface area contributed by atoms with Crippen LogP contribution in [0.2, 0.25) is 0 Å². The van der Waals surface area contributed by atoms with Crippen LogP contribution in [0.4, 0.5) is 5.69 Å². The summed E-state index contributed by atoms with van der Waals surface area (Å²) >= 11 is 0. The molecule has 2 rings (SSSR count). The molecular weight excluding hydrogens is 250 g/mol. The quantitative estimate of drug-likeness (QED) is 0.756. The molecule has 1 amide bonds. The summed E-state index contributed by atoms with van der Waals surface area (Å²) < 4.78 is 5.51. The molecule has 1 aromatic carbocycles. The van der Waals surface area contributed by atoms with E-state index in [1.165, 1.54) is 0 Å². The van der Waals surface area contributed by atoms with E-state index in [1.807, 2.05) is 49.4 Å². The van der Waals surface area contributed by atoms with E-state index in [2.05, 4.69) is 6.58 Å². The highest BCUT2D eigenvalue weighted by Crippen LogP contribution is 2.32. The molecule has 0 saturated heterocycles. The standard InChI is InChI=1S/C17H19NO2/c1-13(2)12-16(17-10-7-11-20-17)18(14(3)19)15-8-5-4-6-9-15/h4-11,16H,1,12H2,2-3H3. The summed E-state index contributed by atoms with van der Waals surface area (Å²) in [5, 5.41) is 0. The largest absolute Gasteiger partial charge is 0.467 e. The fourth-order valence-electron chi connectivity index (χ4n) is 2.30. The number of anilines is 1. The topological polar surface area (TPSA) is 33.5 Å². The van der Waals surface area contributed by atoms with E-state index in [0.29, 0.717) is 6.42 Å². The minimum absolute atomic E-state index is 0.0150. The predicted octanol–water partition coefficient (Wildman–Crippen LogP) is 4.34. The van der Waals surface area contributed by atoms with Gasteiger partial charge in [-0.1, -0.05) is 23.8 Å². The van der Waals surface area contributed by atoms with Gasteiger partial charge in [0.25, 0.3) is 0 Å². The normalized spacial score (nSPS) is 11.9. The van der Waals surface area contributed by atoms with Crippen LogP contribution in [-0.4, -0.2) is 5.91 Å². The zero-order valence-corrected chi connectivity index (χ0v) is 11.9. The van der Waals surface area contributed by atoms with Gasteiger partial charge in [-0.2, -0.15) is 0 Å². The molecule has 20 heavy (non-hydrogen) atoms. The summed E-state index contributed by atoms with van der Waals surface area (Å²) in [6.07, 6.45) is 2.30. The Bertz CT molecular complexity index is 572. The van der Waals surface area contributed by atoms with Gasteiger partial charge in [0.05, 0.1) is 12.3 Å². The lowest BCUT2D eigenvalue weighted by Crippen LogP contribution is -2.33. The van der Waals surface area contributed by atoms with Crippen molar-refractivity contribution in [1.82, 2.24) is 0 Å². The number of hydrogen-bond acceptors (Lipinski definition) is 2. The van der Waals surface area contributed by atoms with Crippen molar-refractivity contribution in [2.75, 3.05) is 4.90 Å². The van der Waals surface area contributed by atoms with Crippen molar-refractivity contribution in [2.45, 2.75) is 26.3 Å². The maximum atomic E-state index is 12.1. The second-order valence-electron chi connectivity index (χ2n) is 4.92.